The molecule has 0 saturated heterocycles. The summed E-state index contributed by atoms with van der Waals surface area (Å²) in [7, 11) is -3.49. The van der Waals surface area contributed by atoms with Crippen molar-refractivity contribution < 1.29 is 13.2 Å². The molecule has 0 aliphatic carbocycles. The summed E-state index contributed by atoms with van der Waals surface area (Å²) >= 11 is 0. The van der Waals surface area contributed by atoms with Crippen molar-refractivity contribution in [3.8, 4) is 0 Å². The molecular weight excluding hydrogens is 284 g/mol. The quantitative estimate of drug-likeness (QED) is 0.516. The number of hydrogen-bond acceptors (Lipinski definition) is 3. The molecule has 0 amide bonds. The van der Waals surface area contributed by atoms with Crippen molar-refractivity contribution in [3.63, 3.8) is 0 Å². The van der Waals surface area contributed by atoms with E-state index >= 15 is 0 Å². The van der Waals surface area contributed by atoms with Gasteiger partial charge in [0.1, 0.15) is 11.5 Å². The summed E-state index contributed by atoms with van der Waals surface area (Å²) in [5.74, 6) is -0.609. The minimum absolute atomic E-state index is 0.212. The van der Waals surface area contributed by atoms with E-state index in [1.807, 2.05) is 31.2 Å². The number of carbonyl (C=O) groups is 1. The Morgan fingerprint density at radius 2 is 1.81 bits per heavy atom. The summed E-state index contributed by atoms with van der Waals surface area (Å²) in [4.78, 5) is 12.0. The van der Waals surface area contributed by atoms with Crippen molar-refractivity contribution in [3.05, 3.63) is 54.6 Å². The number of rotatable bonds is 9. The van der Waals surface area contributed by atoms with Crippen molar-refractivity contribution >= 4 is 15.6 Å². The van der Waals surface area contributed by atoms with Crippen LogP contribution in [0.2, 0.25) is 0 Å². The molecule has 0 aliphatic rings. The Morgan fingerprint density at radius 1 is 1.10 bits per heavy atom. The van der Waals surface area contributed by atoms with Crippen molar-refractivity contribution in [2.24, 2.45) is 0 Å². The lowest BCUT2D eigenvalue weighted by molar-refractivity contribution is -0.116. The summed E-state index contributed by atoms with van der Waals surface area (Å²) in [6.07, 6.45) is 10.8. The Kier molecular flexibility index (Phi) is 7.69. The smallest absolute Gasteiger partial charge is 0.185 e. The fourth-order valence-electron chi connectivity index (χ4n) is 1.87. The van der Waals surface area contributed by atoms with Gasteiger partial charge in [-0.2, -0.15) is 0 Å². The van der Waals surface area contributed by atoms with E-state index in [-0.39, 0.29) is 10.7 Å². The van der Waals surface area contributed by atoms with Gasteiger partial charge in [0.2, 0.25) is 0 Å². The zero-order valence-corrected chi connectivity index (χ0v) is 13.2. The average molecular weight is 306 g/mol. The van der Waals surface area contributed by atoms with Crippen molar-refractivity contribution in [1.82, 2.24) is 0 Å². The van der Waals surface area contributed by atoms with Gasteiger partial charge < -0.3 is 0 Å². The molecule has 1 rings (SSSR count). The van der Waals surface area contributed by atoms with Gasteiger partial charge >= 0.3 is 0 Å². The molecule has 1 aromatic rings. The highest BCUT2D eigenvalue weighted by Crippen LogP contribution is 2.12. The van der Waals surface area contributed by atoms with Gasteiger partial charge in [0.05, 0.1) is 4.90 Å². The first-order chi connectivity index (χ1) is 10.1. The van der Waals surface area contributed by atoms with Gasteiger partial charge in [-0.15, -0.1) is 0 Å². The highest BCUT2D eigenvalue weighted by atomic mass is 32.2. The molecule has 3 nitrogen and oxygen atoms in total. The van der Waals surface area contributed by atoms with E-state index < -0.39 is 15.6 Å². The number of hydrogen-bond donors (Lipinski definition) is 0. The molecule has 114 valence electrons. The van der Waals surface area contributed by atoms with Crippen LogP contribution in [0.4, 0.5) is 0 Å². The zero-order chi connectivity index (χ0) is 15.6. The molecule has 0 saturated carbocycles. The SMILES string of the molecule is C/C=C/C=C/CCCCC(=O)CS(=O)(=O)c1ccccc1. The monoisotopic (exact) mass is 306 g/mol. The number of sulfone groups is 1. The first-order valence-electron chi connectivity index (χ1n) is 7.13. The summed E-state index contributed by atoms with van der Waals surface area (Å²) in [6.45, 7) is 1.95. The number of unbranched alkanes of at least 4 members (excludes halogenated alkanes) is 2. The average Bonchev–Trinajstić information content (AvgIpc) is 2.47. The van der Waals surface area contributed by atoms with E-state index in [0.29, 0.717) is 6.42 Å². The Labute approximate surface area is 127 Å². The minimum Gasteiger partial charge on any atom is -0.299 e. The van der Waals surface area contributed by atoms with Crippen LogP contribution in [0, 0.1) is 0 Å². The van der Waals surface area contributed by atoms with Crippen LogP contribution >= 0.6 is 0 Å². The van der Waals surface area contributed by atoms with Gasteiger partial charge in [0, 0.05) is 6.42 Å². The molecule has 4 heteroatoms. The van der Waals surface area contributed by atoms with Crippen LogP contribution in [-0.4, -0.2) is 20.0 Å². The Bertz CT molecular complexity index is 584. The molecule has 0 unspecified atom stereocenters. The fourth-order valence-corrected chi connectivity index (χ4v) is 3.17. The third-order valence-electron chi connectivity index (χ3n) is 2.97. The number of carbonyl (C=O) groups excluding carboxylic acids is 1. The number of Topliss-reactive ketones (excluding diaryl/α,β-unsaturated/α-hetero) is 1. The van der Waals surface area contributed by atoms with Crippen LogP contribution in [0.1, 0.15) is 32.6 Å². The van der Waals surface area contributed by atoms with Crippen LogP contribution in [0.5, 0.6) is 0 Å². The summed E-state index contributed by atoms with van der Waals surface area (Å²) in [5, 5.41) is 0. The molecule has 1 aromatic carbocycles. The summed E-state index contributed by atoms with van der Waals surface area (Å²) in [6, 6.07) is 8.12. The van der Waals surface area contributed by atoms with Crippen LogP contribution in [0.3, 0.4) is 0 Å². The van der Waals surface area contributed by atoms with E-state index in [9.17, 15) is 13.2 Å². The van der Waals surface area contributed by atoms with Crippen LogP contribution < -0.4 is 0 Å². The second-order valence-corrected chi connectivity index (χ2v) is 6.80. The molecule has 0 N–H and O–H groups in total. The van der Waals surface area contributed by atoms with E-state index in [2.05, 4.69) is 0 Å². The van der Waals surface area contributed by atoms with E-state index in [0.717, 1.165) is 19.3 Å². The predicted octanol–water partition coefficient (Wildman–Crippen LogP) is 3.72. The number of allylic oxidation sites excluding steroid dienone is 4. The number of ketones is 1. The molecule has 0 atom stereocenters. The maximum atomic E-state index is 12.0. The standard InChI is InChI=1S/C17H22O3S/c1-2-3-4-5-6-7-9-12-16(18)15-21(19,20)17-13-10-8-11-14-17/h2-5,8,10-11,13-14H,6-7,9,12,15H2,1H3/b3-2+,5-4+. The Hall–Kier alpha value is -1.68. The molecule has 0 bridgehead atoms. The largest absolute Gasteiger partial charge is 0.299 e. The first kappa shape index (κ1) is 17.4. The molecule has 0 aliphatic heterocycles. The third-order valence-corrected chi connectivity index (χ3v) is 4.66. The van der Waals surface area contributed by atoms with Gasteiger partial charge in [-0.25, -0.2) is 8.42 Å². The lowest BCUT2D eigenvalue weighted by Gasteiger charge is -2.03. The summed E-state index contributed by atoms with van der Waals surface area (Å²) < 4.78 is 24.0. The Morgan fingerprint density at radius 3 is 2.48 bits per heavy atom. The molecule has 0 heterocycles. The van der Waals surface area contributed by atoms with Crippen molar-refractivity contribution in [2.45, 2.75) is 37.5 Å². The van der Waals surface area contributed by atoms with Gasteiger partial charge in [-0.05, 0) is 38.3 Å². The van der Waals surface area contributed by atoms with Crippen LogP contribution in [-0.2, 0) is 14.6 Å². The van der Waals surface area contributed by atoms with Crippen LogP contribution in [0.15, 0.2) is 59.5 Å². The maximum absolute atomic E-state index is 12.0. The second-order valence-electron chi connectivity index (χ2n) is 4.81. The van der Waals surface area contributed by atoms with Crippen LogP contribution in [0.25, 0.3) is 0 Å². The topological polar surface area (TPSA) is 51.2 Å². The molecule has 0 spiro atoms. The maximum Gasteiger partial charge on any atom is 0.185 e. The van der Waals surface area contributed by atoms with Gasteiger partial charge in [-0.1, -0.05) is 42.5 Å². The normalized spacial score (nSPS) is 12.2. The molecule has 0 radical (unpaired) electrons. The molecule has 21 heavy (non-hydrogen) atoms. The van der Waals surface area contributed by atoms with Crippen molar-refractivity contribution in [1.29, 1.82) is 0 Å². The lowest BCUT2D eigenvalue weighted by Crippen LogP contribution is -2.16. The second kappa shape index (κ2) is 9.29. The van der Waals surface area contributed by atoms with E-state index in [1.54, 1.807) is 18.2 Å². The molecule has 0 aromatic heterocycles. The van der Waals surface area contributed by atoms with Crippen molar-refractivity contribution in [2.75, 3.05) is 5.75 Å². The number of benzene rings is 1. The lowest BCUT2D eigenvalue weighted by atomic mass is 10.1. The predicted molar refractivity (Wildman–Crippen MR) is 85.9 cm³/mol. The third kappa shape index (κ3) is 7.04. The van der Waals surface area contributed by atoms with Gasteiger partial charge in [-0.3, -0.25) is 4.79 Å². The van der Waals surface area contributed by atoms with Gasteiger partial charge in [0.15, 0.2) is 9.84 Å². The highest BCUT2D eigenvalue weighted by molar-refractivity contribution is 7.92. The zero-order valence-electron chi connectivity index (χ0n) is 12.4. The minimum atomic E-state index is -3.49. The molecular formula is C17H22O3S. The summed E-state index contributed by atoms with van der Waals surface area (Å²) in [5.41, 5.74) is 0. The highest BCUT2D eigenvalue weighted by Gasteiger charge is 2.18. The molecule has 0 fully saturated rings. The van der Waals surface area contributed by atoms with Gasteiger partial charge in [0.25, 0.3) is 0 Å². The first-order valence-corrected chi connectivity index (χ1v) is 8.79. The van der Waals surface area contributed by atoms with E-state index in [4.69, 9.17) is 0 Å². The Balaban J connectivity index is 2.34. The van der Waals surface area contributed by atoms with E-state index in [1.165, 1.54) is 12.1 Å². The fraction of sp³-hybridized carbons (Fsp3) is 0.353.